The summed E-state index contributed by atoms with van der Waals surface area (Å²) in [5.74, 6) is 1.05. The number of cyclic esters (lactones) is 1. The second-order valence-electron chi connectivity index (χ2n) is 8.85. The Kier molecular flexibility index (Phi) is 6.90. The van der Waals surface area contributed by atoms with Gasteiger partial charge in [-0.05, 0) is 47.4 Å². The van der Waals surface area contributed by atoms with Crippen molar-refractivity contribution in [3.8, 4) is 28.7 Å². The zero-order valence-corrected chi connectivity index (χ0v) is 22.8. The molecule has 11 nitrogen and oxygen atoms in total. The van der Waals surface area contributed by atoms with E-state index in [9.17, 15) is 13.2 Å². The van der Waals surface area contributed by atoms with E-state index in [4.69, 9.17) is 33.0 Å². The molecule has 2 atom stereocenters. The van der Waals surface area contributed by atoms with Crippen LogP contribution in [0.2, 0.25) is 0 Å². The van der Waals surface area contributed by atoms with Crippen LogP contribution in [-0.4, -0.2) is 70.8 Å². The molecule has 0 radical (unpaired) electrons. The van der Waals surface area contributed by atoms with E-state index in [1.54, 1.807) is 19.2 Å². The van der Waals surface area contributed by atoms with Crippen molar-refractivity contribution in [2.75, 3.05) is 47.0 Å². The van der Waals surface area contributed by atoms with Crippen molar-refractivity contribution in [2.45, 2.75) is 25.0 Å². The second-order valence-corrected chi connectivity index (χ2v) is 11.2. The molecule has 3 aliphatic heterocycles. The number of likely N-dealkylation sites (N-methyl/N-ethyl adjacent to an activating group) is 1. The van der Waals surface area contributed by atoms with Crippen molar-refractivity contribution < 1.29 is 46.2 Å². The third-order valence-corrected chi connectivity index (χ3v) is 8.38. The highest BCUT2D eigenvalue weighted by Crippen LogP contribution is 2.58. The van der Waals surface area contributed by atoms with E-state index in [1.165, 1.54) is 7.11 Å². The lowest BCUT2D eigenvalue weighted by molar-refractivity contribution is 0.00867. The number of fused-ring (bicyclic) bond motifs is 3. The van der Waals surface area contributed by atoms with Gasteiger partial charge in [-0.3, -0.25) is 9.45 Å². The van der Waals surface area contributed by atoms with Crippen molar-refractivity contribution in [2.24, 2.45) is 0 Å². The van der Waals surface area contributed by atoms with Crippen LogP contribution in [0.1, 0.15) is 45.6 Å². The predicted octanol–water partition coefficient (Wildman–Crippen LogP) is 3.29. The van der Waals surface area contributed by atoms with Crippen LogP contribution in [0.15, 0.2) is 16.6 Å². The summed E-state index contributed by atoms with van der Waals surface area (Å²) in [6.07, 6.45) is 0.0499. The van der Waals surface area contributed by atoms with Gasteiger partial charge in [-0.1, -0.05) is 6.07 Å². The quantitative estimate of drug-likeness (QED) is 0.272. The number of benzene rings is 2. The Morgan fingerprint density at radius 2 is 1.92 bits per heavy atom. The van der Waals surface area contributed by atoms with E-state index in [-0.39, 0.29) is 31.1 Å². The average molecular weight is 600 g/mol. The Morgan fingerprint density at radius 1 is 1.16 bits per heavy atom. The first kappa shape index (κ1) is 25.9. The largest absolute Gasteiger partial charge is 0.493 e. The van der Waals surface area contributed by atoms with Crippen LogP contribution in [-0.2, 0) is 21.3 Å². The number of methoxy groups -OCH3 is 2. The average Bonchev–Trinajstić information content (AvgIpc) is 3.47. The van der Waals surface area contributed by atoms with Gasteiger partial charge in [-0.2, -0.15) is 8.42 Å². The summed E-state index contributed by atoms with van der Waals surface area (Å²) in [6, 6.07) is 3.05. The molecular weight excluding hydrogens is 574 g/mol. The Morgan fingerprint density at radius 3 is 2.62 bits per heavy atom. The first-order valence-corrected chi connectivity index (χ1v) is 13.9. The summed E-state index contributed by atoms with van der Waals surface area (Å²) in [4.78, 5) is 15.3. The molecular formula is C24H26BrNO10S. The Hall–Kier alpha value is -2.74. The number of esters is 1. The van der Waals surface area contributed by atoms with E-state index < -0.39 is 34.0 Å². The summed E-state index contributed by atoms with van der Waals surface area (Å²) in [5, 5.41) is 0. The number of hydrogen-bond donors (Lipinski definition) is 1. The molecule has 0 unspecified atom stereocenters. The Bertz CT molecular complexity index is 1360. The lowest BCUT2D eigenvalue weighted by atomic mass is 9.85. The minimum absolute atomic E-state index is 0.0290. The van der Waals surface area contributed by atoms with Gasteiger partial charge < -0.3 is 28.4 Å². The monoisotopic (exact) mass is 599 g/mol. The molecule has 1 N–H and O–H groups in total. The van der Waals surface area contributed by atoms with Crippen LogP contribution in [0.4, 0.5) is 0 Å². The van der Waals surface area contributed by atoms with Gasteiger partial charge in [0, 0.05) is 17.7 Å². The zero-order valence-electron chi connectivity index (χ0n) is 20.4. The smallest absolute Gasteiger partial charge is 0.343 e. The lowest BCUT2D eigenvalue weighted by Gasteiger charge is -2.39. The van der Waals surface area contributed by atoms with E-state index in [0.29, 0.717) is 41.5 Å². The number of hydrogen-bond acceptors (Lipinski definition) is 10. The van der Waals surface area contributed by atoms with Gasteiger partial charge >= 0.3 is 5.97 Å². The molecule has 37 heavy (non-hydrogen) atoms. The van der Waals surface area contributed by atoms with Gasteiger partial charge in [0.15, 0.2) is 23.0 Å². The van der Waals surface area contributed by atoms with Crippen LogP contribution in [0.3, 0.4) is 0 Å². The topological polar surface area (TPSA) is 130 Å². The van der Waals surface area contributed by atoms with E-state index >= 15 is 0 Å². The maximum absolute atomic E-state index is 13.2. The fourth-order valence-electron chi connectivity index (χ4n) is 5.13. The molecule has 5 rings (SSSR count). The first-order valence-electron chi connectivity index (χ1n) is 11.5. The summed E-state index contributed by atoms with van der Waals surface area (Å²) in [5.41, 5.74) is 2.65. The number of carbonyl (C=O) groups excluding carboxylic acids is 1. The van der Waals surface area contributed by atoms with Crippen molar-refractivity contribution in [1.29, 1.82) is 0 Å². The van der Waals surface area contributed by atoms with Gasteiger partial charge in [0.1, 0.15) is 11.7 Å². The molecule has 0 fully saturated rings. The fourth-order valence-corrected chi connectivity index (χ4v) is 6.32. The van der Waals surface area contributed by atoms with E-state index in [2.05, 4.69) is 20.8 Å². The van der Waals surface area contributed by atoms with Crippen LogP contribution in [0, 0.1) is 0 Å². The summed E-state index contributed by atoms with van der Waals surface area (Å²) >= 11 is 3.68. The van der Waals surface area contributed by atoms with Crippen LogP contribution >= 0.6 is 15.9 Å². The number of nitrogens with zero attached hydrogens (tertiary/aromatic N) is 1. The summed E-state index contributed by atoms with van der Waals surface area (Å²) < 4.78 is 66.3. The van der Waals surface area contributed by atoms with Gasteiger partial charge in [-0.25, -0.2) is 4.79 Å². The molecule has 0 saturated carbocycles. The number of halogens is 1. The third-order valence-electron chi connectivity index (χ3n) is 6.74. The summed E-state index contributed by atoms with van der Waals surface area (Å²) in [7, 11) is 0.830. The minimum Gasteiger partial charge on any atom is -0.493 e. The molecule has 0 aromatic heterocycles. The van der Waals surface area contributed by atoms with Crippen LogP contribution in [0.25, 0.3) is 0 Å². The molecule has 200 valence electrons. The normalized spacial score (nSPS) is 20.3. The number of carbonyl (C=O) groups is 1. The van der Waals surface area contributed by atoms with E-state index in [0.717, 1.165) is 15.6 Å². The van der Waals surface area contributed by atoms with Gasteiger partial charge in [0.25, 0.3) is 10.1 Å². The molecule has 0 amide bonds. The highest BCUT2D eigenvalue weighted by molar-refractivity contribution is 9.10. The highest BCUT2D eigenvalue weighted by atomic mass is 79.9. The molecule has 2 aromatic carbocycles. The number of ether oxygens (including phenoxy) is 6. The maximum atomic E-state index is 13.2. The lowest BCUT2D eigenvalue weighted by Crippen LogP contribution is -2.36. The molecule has 0 saturated heterocycles. The third kappa shape index (κ3) is 4.47. The highest BCUT2D eigenvalue weighted by Gasteiger charge is 2.47. The fraction of sp³-hybridized carbons (Fsp3) is 0.458. The van der Waals surface area contributed by atoms with Crippen LogP contribution < -0.4 is 23.7 Å². The Labute approximate surface area is 222 Å². The van der Waals surface area contributed by atoms with Crippen molar-refractivity contribution in [1.82, 2.24) is 4.90 Å². The van der Waals surface area contributed by atoms with Gasteiger partial charge in [0.2, 0.25) is 12.5 Å². The summed E-state index contributed by atoms with van der Waals surface area (Å²) in [6.45, 7) is 0.714. The maximum Gasteiger partial charge on any atom is 0.343 e. The van der Waals surface area contributed by atoms with Crippen LogP contribution in [0.5, 0.6) is 28.7 Å². The van der Waals surface area contributed by atoms with E-state index in [1.807, 2.05) is 7.05 Å². The molecule has 3 aliphatic rings. The number of rotatable bonds is 8. The van der Waals surface area contributed by atoms with Gasteiger partial charge in [0.05, 0.1) is 37.1 Å². The predicted molar refractivity (Wildman–Crippen MR) is 134 cm³/mol. The standard InChI is InChI=1S/C24H26BrNO10S/c1-26-8-7-12-15(21(32-3)23-22(17(12)25)34-11-35-23)18(26)19-13-5-6-14(31-2)20(16(13)24(27)36-19)33-9-4-10-37(28,29)30/h5-6,18-19H,4,7-11H2,1-3H3,(H,28,29,30)/t18-,19+/m1/s1. The molecule has 3 heterocycles. The van der Waals surface area contributed by atoms with Crippen molar-refractivity contribution in [3.05, 3.63) is 38.9 Å². The van der Waals surface area contributed by atoms with Crippen molar-refractivity contribution in [3.63, 3.8) is 0 Å². The second kappa shape index (κ2) is 9.86. The molecule has 2 aromatic rings. The zero-order chi connectivity index (χ0) is 26.5. The van der Waals surface area contributed by atoms with Gasteiger partial charge in [-0.15, -0.1) is 0 Å². The first-order chi connectivity index (χ1) is 17.7. The molecule has 0 bridgehead atoms. The molecule has 0 aliphatic carbocycles. The Balaban J connectivity index is 1.57. The minimum atomic E-state index is -4.13. The SMILES string of the molecule is COc1ccc2c(c1OCCCS(=O)(=O)O)C(=O)O[C@@H]2[C@H]1c2c(c(Br)c3c(c2OC)OCO3)CCN1C. The van der Waals surface area contributed by atoms with Crippen molar-refractivity contribution >= 4 is 32.0 Å². The molecule has 13 heteroatoms. The molecule has 0 spiro atoms.